The van der Waals surface area contributed by atoms with Gasteiger partial charge in [-0.2, -0.15) is 11.3 Å². The van der Waals surface area contributed by atoms with Crippen molar-refractivity contribution in [3.05, 3.63) is 21.9 Å². The number of likely N-dealkylation sites (tertiary alicyclic amines) is 1. The van der Waals surface area contributed by atoms with Crippen LogP contribution in [0.3, 0.4) is 0 Å². The highest BCUT2D eigenvalue weighted by Crippen LogP contribution is 2.28. The Hall–Kier alpha value is -0.870. The molecule has 3 heterocycles. The van der Waals surface area contributed by atoms with Gasteiger partial charge < -0.3 is 10.2 Å². The van der Waals surface area contributed by atoms with Crippen LogP contribution in [0.4, 0.5) is 0 Å². The van der Waals surface area contributed by atoms with E-state index in [4.69, 9.17) is 0 Å². The predicted octanol–water partition coefficient (Wildman–Crippen LogP) is 1.35. The molecule has 2 fully saturated rings. The molecule has 0 bridgehead atoms. The average molecular weight is 236 g/mol. The normalized spacial score (nSPS) is 28.4. The van der Waals surface area contributed by atoms with Gasteiger partial charge in [0.1, 0.15) is 0 Å². The Morgan fingerprint density at radius 2 is 2.06 bits per heavy atom. The minimum Gasteiger partial charge on any atom is -0.338 e. The molecule has 16 heavy (non-hydrogen) atoms. The van der Waals surface area contributed by atoms with Crippen LogP contribution in [0.2, 0.25) is 0 Å². The number of amides is 1. The van der Waals surface area contributed by atoms with Gasteiger partial charge in [0.25, 0.3) is 5.91 Å². The van der Waals surface area contributed by atoms with Gasteiger partial charge in [-0.25, -0.2) is 0 Å². The van der Waals surface area contributed by atoms with Crippen molar-refractivity contribution in [1.29, 1.82) is 0 Å². The zero-order valence-electron chi connectivity index (χ0n) is 9.40. The van der Waals surface area contributed by atoms with Crippen LogP contribution in [-0.4, -0.2) is 37.0 Å². The van der Waals surface area contributed by atoms with Crippen molar-refractivity contribution in [3.63, 3.8) is 0 Å². The molecule has 0 spiro atoms. The number of carbonyl (C=O) groups is 1. The number of nitrogens with zero attached hydrogens (tertiary/aromatic N) is 1. The monoisotopic (exact) mass is 236 g/mol. The number of fused-ring (bicyclic) bond motifs is 1. The van der Waals surface area contributed by atoms with E-state index in [1.165, 1.54) is 0 Å². The van der Waals surface area contributed by atoms with E-state index in [0.717, 1.165) is 37.3 Å². The lowest BCUT2D eigenvalue weighted by Crippen LogP contribution is -2.31. The van der Waals surface area contributed by atoms with E-state index in [0.29, 0.717) is 11.8 Å². The van der Waals surface area contributed by atoms with E-state index in [2.05, 4.69) is 5.32 Å². The smallest absolute Gasteiger partial charge is 0.254 e. The third-order valence-electron chi connectivity index (χ3n) is 3.76. The highest BCUT2D eigenvalue weighted by molar-refractivity contribution is 7.08. The van der Waals surface area contributed by atoms with Gasteiger partial charge in [-0.1, -0.05) is 0 Å². The number of rotatable bonds is 1. The number of carbonyl (C=O) groups excluding carboxylic acids is 1. The summed E-state index contributed by atoms with van der Waals surface area (Å²) in [6, 6.07) is 0. The quantitative estimate of drug-likeness (QED) is 0.798. The first-order valence-corrected chi connectivity index (χ1v) is 6.73. The second-order valence-electron chi connectivity index (χ2n) is 4.86. The maximum absolute atomic E-state index is 12.3. The molecule has 2 aliphatic rings. The molecule has 86 valence electrons. The summed E-state index contributed by atoms with van der Waals surface area (Å²) in [6.45, 7) is 6.05. The lowest BCUT2D eigenvalue weighted by atomic mass is 10.0. The Balaban J connectivity index is 1.75. The molecule has 3 rings (SSSR count). The van der Waals surface area contributed by atoms with Crippen LogP contribution in [0, 0.1) is 18.8 Å². The molecule has 1 N–H and O–H groups in total. The molecular weight excluding hydrogens is 220 g/mol. The van der Waals surface area contributed by atoms with Crippen molar-refractivity contribution in [2.45, 2.75) is 6.92 Å². The van der Waals surface area contributed by atoms with E-state index >= 15 is 0 Å². The summed E-state index contributed by atoms with van der Waals surface area (Å²) in [6.07, 6.45) is 0. The Labute approximate surface area is 99.5 Å². The first kappa shape index (κ1) is 10.3. The van der Waals surface area contributed by atoms with Gasteiger partial charge in [0.15, 0.2) is 0 Å². The third kappa shape index (κ3) is 1.57. The molecule has 4 heteroatoms. The third-order valence-corrected chi connectivity index (χ3v) is 4.62. The van der Waals surface area contributed by atoms with Crippen LogP contribution in [0.15, 0.2) is 10.8 Å². The van der Waals surface area contributed by atoms with Gasteiger partial charge in [0.05, 0.1) is 5.56 Å². The van der Waals surface area contributed by atoms with Crippen molar-refractivity contribution >= 4 is 17.2 Å². The van der Waals surface area contributed by atoms with Crippen LogP contribution in [0.25, 0.3) is 0 Å². The molecule has 2 unspecified atom stereocenters. The number of hydrogen-bond donors (Lipinski definition) is 1. The van der Waals surface area contributed by atoms with E-state index in [-0.39, 0.29) is 5.91 Å². The largest absolute Gasteiger partial charge is 0.338 e. The van der Waals surface area contributed by atoms with Crippen LogP contribution < -0.4 is 5.32 Å². The zero-order chi connectivity index (χ0) is 11.1. The van der Waals surface area contributed by atoms with Crippen molar-refractivity contribution in [3.8, 4) is 0 Å². The van der Waals surface area contributed by atoms with Crippen molar-refractivity contribution in [1.82, 2.24) is 10.2 Å². The zero-order valence-corrected chi connectivity index (χ0v) is 10.2. The number of hydrogen-bond acceptors (Lipinski definition) is 3. The first-order valence-electron chi connectivity index (χ1n) is 5.78. The number of aryl methyl sites for hydroxylation is 1. The van der Waals surface area contributed by atoms with Crippen molar-refractivity contribution in [2.75, 3.05) is 26.2 Å². The molecule has 0 radical (unpaired) electrons. The summed E-state index contributed by atoms with van der Waals surface area (Å²) >= 11 is 1.61. The SMILES string of the molecule is Cc1cscc1C(=O)N1CC2CNCC2C1. The van der Waals surface area contributed by atoms with Crippen LogP contribution in [0.1, 0.15) is 15.9 Å². The fraction of sp³-hybridized carbons (Fsp3) is 0.583. The molecule has 1 aromatic heterocycles. The lowest BCUT2D eigenvalue weighted by molar-refractivity contribution is 0.0781. The topological polar surface area (TPSA) is 32.3 Å². The van der Waals surface area contributed by atoms with Crippen LogP contribution in [-0.2, 0) is 0 Å². The van der Waals surface area contributed by atoms with Gasteiger partial charge in [0.2, 0.25) is 0 Å². The lowest BCUT2D eigenvalue weighted by Gasteiger charge is -2.17. The molecule has 2 atom stereocenters. The Kier molecular flexibility index (Phi) is 2.48. The van der Waals surface area contributed by atoms with Gasteiger partial charge >= 0.3 is 0 Å². The van der Waals surface area contributed by atoms with Crippen molar-refractivity contribution in [2.24, 2.45) is 11.8 Å². The van der Waals surface area contributed by atoms with Gasteiger partial charge in [-0.05, 0) is 29.7 Å². The maximum atomic E-state index is 12.3. The number of thiophene rings is 1. The molecule has 0 aliphatic carbocycles. The fourth-order valence-corrected chi connectivity index (χ4v) is 3.59. The van der Waals surface area contributed by atoms with Crippen molar-refractivity contribution < 1.29 is 4.79 Å². The van der Waals surface area contributed by atoms with E-state index in [9.17, 15) is 4.79 Å². The maximum Gasteiger partial charge on any atom is 0.254 e. The summed E-state index contributed by atoms with van der Waals surface area (Å²) in [5, 5.41) is 7.42. The fourth-order valence-electron chi connectivity index (χ4n) is 2.77. The van der Waals surface area contributed by atoms with Gasteiger partial charge in [-0.3, -0.25) is 4.79 Å². The average Bonchev–Trinajstić information content (AvgIpc) is 2.89. The molecule has 2 aliphatic heterocycles. The molecule has 2 saturated heterocycles. The highest BCUT2D eigenvalue weighted by Gasteiger charge is 2.38. The van der Waals surface area contributed by atoms with E-state index in [1.807, 2.05) is 22.6 Å². The molecular formula is C12H16N2OS. The molecule has 0 aromatic carbocycles. The molecule has 0 saturated carbocycles. The van der Waals surface area contributed by atoms with E-state index < -0.39 is 0 Å². The highest BCUT2D eigenvalue weighted by atomic mass is 32.1. The minimum atomic E-state index is 0.230. The molecule has 1 amide bonds. The van der Waals surface area contributed by atoms with Gasteiger partial charge in [-0.15, -0.1) is 0 Å². The summed E-state index contributed by atoms with van der Waals surface area (Å²) < 4.78 is 0. The second-order valence-corrected chi connectivity index (χ2v) is 5.60. The van der Waals surface area contributed by atoms with Crippen LogP contribution >= 0.6 is 11.3 Å². The Morgan fingerprint density at radius 3 is 2.62 bits per heavy atom. The molecule has 1 aromatic rings. The number of nitrogens with one attached hydrogen (secondary N) is 1. The van der Waals surface area contributed by atoms with E-state index in [1.54, 1.807) is 11.3 Å². The Bertz CT molecular complexity index is 403. The summed E-state index contributed by atoms with van der Waals surface area (Å²) in [7, 11) is 0. The Morgan fingerprint density at radius 1 is 1.38 bits per heavy atom. The second kappa shape index (κ2) is 3.86. The minimum absolute atomic E-state index is 0.230. The van der Waals surface area contributed by atoms with Gasteiger partial charge in [0, 0.05) is 31.6 Å². The molecule has 3 nitrogen and oxygen atoms in total. The van der Waals surface area contributed by atoms with Crippen LogP contribution in [0.5, 0.6) is 0 Å². The summed E-state index contributed by atoms with van der Waals surface area (Å²) in [4.78, 5) is 14.3. The summed E-state index contributed by atoms with van der Waals surface area (Å²) in [5.74, 6) is 1.60. The first-order chi connectivity index (χ1) is 7.75. The standard InChI is InChI=1S/C12H16N2OS/c1-8-6-16-7-11(8)12(15)14-4-9-2-13-3-10(9)5-14/h6-7,9-10,13H,2-5H2,1H3. The summed E-state index contributed by atoms with van der Waals surface area (Å²) in [5.41, 5.74) is 2.02. The predicted molar refractivity (Wildman–Crippen MR) is 64.8 cm³/mol.